The zero-order valence-corrected chi connectivity index (χ0v) is 19.4. The summed E-state index contributed by atoms with van der Waals surface area (Å²) in [5.74, 6) is -0.204. The van der Waals surface area contributed by atoms with Crippen LogP contribution in [0.15, 0.2) is 60.8 Å². The van der Waals surface area contributed by atoms with Crippen molar-refractivity contribution < 1.29 is 14.3 Å². The first kappa shape index (κ1) is 23.6. The SMILES string of the molecule is COC(=O)c1ccc([C@H](C)NC(=O)c2cc(Cl)cnc2N(C)Cc2ccc(Cl)cc2)cc1. The Bertz CT molecular complexity index is 1100. The van der Waals surface area contributed by atoms with Crippen molar-refractivity contribution in [3.05, 3.63) is 93.1 Å². The number of halogens is 2. The molecule has 1 N–H and O–H groups in total. The van der Waals surface area contributed by atoms with E-state index in [1.807, 2.05) is 43.1 Å². The minimum Gasteiger partial charge on any atom is -0.465 e. The van der Waals surface area contributed by atoms with Crippen molar-refractivity contribution in [1.29, 1.82) is 0 Å². The predicted molar refractivity (Wildman–Crippen MR) is 126 cm³/mol. The average Bonchev–Trinajstić information content (AvgIpc) is 2.79. The van der Waals surface area contributed by atoms with Crippen LogP contribution in [0.4, 0.5) is 5.82 Å². The predicted octanol–water partition coefficient (Wildman–Crippen LogP) is 5.30. The molecule has 1 amide bonds. The molecule has 8 heteroatoms. The molecule has 0 aliphatic carbocycles. The Morgan fingerprint density at radius 1 is 1.06 bits per heavy atom. The van der Waals surface area contributed by atoms with Gasteiger partial charge in [0.15, 0.2) is 0 Å². The zero-order valence-electron chi connectivity index (χ0n) is 17.9. The van der Waals surface area contributed by atoms with Gasteiger partial charge in [0, 0.05) is 24.8 Å². The van der Waals surface area contributed by atoms with Gasteiger partial charge in [-0.1, -0.05) is 47.5 Å². The van der Waals surface area contributed by atoms with Gasteiger partial charge in [0.25, 0.3) is 5.91 Å². The third kappa shape index (κ3) is 5.78. The molecule has 0 unspecified atom stereocenters. The number of pyridine rings is 1. The van der Waals surface area contributed by atoms with E-state index in [0.29, 0.717) is 33.5 Å². The van der Waals surface area contributed by atoms with Crippen LogP contribution in [-0.4, -0.2) is 31.0 Å². The van der Waals surface area contributed by atoms with Crippen molar-refractivity contribution in [2.45, 2.75) is 19.5 Å². The van der Waals surface area contributed by atoms with E-state index < -0.39 is 5.97 Å². The highest BCUT2D eigenvalue weighted by Crippen LogP contribution is 2.24. The Morgan fingerprint density at radius 3 is 2.34 bits per heavy atom. The number of benzene rings is 2. The lowest BCUT2D eigenvalue weighted by Crippen LogP contribution is -2.29. The number of nitrogens with one attached hydrogen (secondary N) is 1. The number of hydrogen-bond acceptors (Lipinski definition) is 5. The van der Waals surface area contributed by atoms with Gasteiger partial charge in [-0.05, 0) is 48.4 Å². The fraction of sp³-hybridized carbons (Fsp3) is 0.208. The van der Waals surface area contributed by atoms with E-state index in [2.05, 4.69) is 10.3 Å². The van der Waals surface area contributed by atoms with Crippen molar-refractivity contribution in [2.24, 2.45) is 0 Å². The maximum Gasteiger partial charge on any atom is 0.337 e. The van der Waals surface area contributed by atoms with Crippen LogP contribution in [0.1, 0.15) is 44.8 Å². The van der Waals surface area contributed by atoms with Crippen LogP contribution >= 0.6 is 23.2 Å². The second-order valence-electron chi connectivity index (χ2n) is 7.32. The van der Waals surface area contributed by atoms with E-state index in [1.54, 1.807) is 30.3 Å². The van der Waals surface area contributed by atoms with Crippen molar-refractivity contribution in [3.8, 4) is 0 Å². The number of hydrogen-bond donors (Lipinski definition) is 1. The van der Waals surface area contributed by atoms with Crippen LogP contribution < -0.4 is 10.2 Å². The van der Waals surface area contributed by atoms with Crippen molar-refractivity contribution in [1.82, 2.24) is 10.3 Å². The van der Waals surface area contributed by atoms with Gasteiger partial charge in [0.1, 0.15) is 5.82 Å². The van der Waals surface area contributed by atoms with Gasteiger partial charge < -0.3 is 15.0 Å². The first-order valence-corrected chi connectivity index (χ1v) is 10.6. The van der Waals surface area contributed by atoms with Crippen LogP contribution in [0.3, 0.4) is 0 Å². The fourth-order valence-electron chi connectivity index (χ4n) is 3.23. The highest BCUT2D eigenvalue weighted by atomic mass is 35.5. The number of anilines is 1. The molecule has 0 aliphatic heterocycles. The second-order valence-corrected chi connectivity index (χ2v) is 8.19. The molecule has 32 heavy (non-hydrogen) atoms. The third-order valence-corrected chi connectivity index (χ3v) is 5.41. The van der Waals surface area contributed by atoms with E-state index >= 15 is 0 Å². The summed E-state index contributed by atoms with van der Waals surface area (Å²) in [7, 11) is 3.19. The molecule has 0 aliphatic rings. The van der Waals surface area contributed by atoms with Crippen LogP contribution in [0, 0.1) is 0 Å². The van der Waals surface area contributed by atoms with E-state index in [9.17, 15) is 9.59 Å². The topological polar surface area (TPSA) is 71.5 Å². The van der Waals surface area contributed by atoms with Crippen LogP contribution in [-0.2, 0) is 11.3 Å². The Morgan fingerprint density at radius 2 is 1.72 bits per heavy atom. The molecule has 6 nitrogen and oxygen atoms in total. The molecule has 0 saturated heterocycles. The van der Waals surface area contributed by atoms with Crippen molar-refractivity contribution >= 4 is 40.9 Å². The molecule has 3 rings (SSSR count). The van der Waals surface area contributed by atoms with Gasteiger partial charge in [0.2, 0.25) is 0 Å². The number of ether oxygens (including phenoxy) is 1. The molecular weight excluding hydrogens is 449 g/mol. The summed E-state index contributed by atoms with van der Waals surface area (Å²) in [5.41, 5.74) is 2.68. The van der Waals surface area contributed by atoms with Gasteiger partial charge >= 0.3 is 5.97 Å². The second kappa shape index (κ2) is 10.5. The molecule has 2 aromatic carbocycles. The summed E-state index contributed by atoms with van der Waals surface area (Å²) in [6, 6.07) is 15.7. The smallest absolute Gasteiger partial charge is 0.337 e. The molecule has 3 aromatic rings. The largest absolute Gasteiger partial charge is 0.465 e. The molecular formula is C24H23Cl2N3O3. The monoisotopic (exact) mass is 471 g/mol. The Balaban J connectivity index is 1.77. The van der Waals surface area contributed by atoms with E-state index in [4.69, 9.17) is 27.9 Å². The van der Waals surface area contributed by atoms with E-state index in [-0.39, 0.29) is 11.9 Å². The average molecular weight is 472 g/mol. The van der Waals surface area contributed by atoms with Gasteiger partial charge in [-0.15, -0.1) is 0 Å². The van der Waals surface area contributed by atoms with Crippen molar-refractivity contribution in [3.63, 3.8) is 0 Å². The molecule has 1 aromatic heterocycles. The molecule has 1 atom stereocenters. The third-order valence-electron chi connectivity index (χ3n) is 4.95. The van der Waals surface area contributed by atoms with Crippen molar-refractivity contribution in [2.75, 3.05) is 19.1 Å². The summed E-state index contributed by atoms with van der Waals surface area (Å²) < 4.78 is 4.71. The Kier molecular flexibility index (Phi) is 7.72. The number of rotatable bonds is 7. The maximum atomic E-state index is 13.1. The number of esters is 1. The summed E-state index contributed by atoms with van der Waals surface area (Å²) in [4.78, 5) is 31.0. The summed E-state index contributed by atoms with van der Waals surface area (Å²) in [6.07, 6.45) is 1.51. The first-order valence-electron chi connectivity index (χ1n) is 9.88. The lowest BCUT2D eigenvalue weighted by atomic mass is 10.1. The lowest BCUT2D eigenvalue weighted by molar-refractivity contribution is 0.0600. The molecule has 0 spiro atoms. The lowest BCUT2D eigenvalue weighted by Gasteiger charge is -2.22. The van der Waals surface area contributed by atoms with Gasteiger partial charge in [-0.25, -0.2) is 9.78 Å². The van der Waals surface area contributed by atoms with E-state index in [0.717, 1.165) is 11.1 Å². The number of nitrogens with zero attached hydrogens (tertiary/aromatic N) is 2. The summed E-state index contributed by atoms with van der Waals surface area (Å²) >= 11 is 12.1. The minimum absolute atomic E-state index is 0.303. The Labute approximate surface area is 197 Å². The van der Waals surface area contributed by atoms with Crippen LogP contribution in [0.2, 0.25) is 10.0 Å². The highest BCUT2D eigenvalue weighted by molar-refractivity contribution is 6.31. The Hall–Kier alpha value is -3.09. The number of methoxy groups -OCH3 is 1. The molecule has 1 heterocycles. The fourth-order valence-corrected chi connectivity index (χ4v) is 3.51. The zero-order chi connectivity index (χ0) is 23.3. The van der Waals surface area contributed by atoms with Crippen LogP contribution in [0.5, 0.6) is 0 Å². The van der Waals surface area contributed by atoms with Gasteiger partial charge in [0.05, 0.1) is 29.3 Å². The number of carbonyl (C=O) groups excluding carboxylic acids is 2. The summed E-state index contributed by atoms with van der Waals surface area (Å²) in [5, 5.41) is 4.00. The first-order chi connectivity index (χ1) is 15.3. The molecule has 0 saturated carbocycles. The molecule has 0 fully saturated rings. The molecule has 166 valence electrons. The quantitative estimate of drug-likeness (QED) is 0.473. The standard InChI is InChI=1S/C24H23Cl2N3O3/c1-15(17-6-8-18(9-7-17)24(31)32-3)28-23(30)21-12-20(26)13-27-22(21)29(2)14-16-4-10-19(25)11-5-16/h4-13,15H,14H2,1-3H3,(H,28,30)/t15-/m0/s1. The van der Waals surface area contributed by atoms with Crippen LogP contribution in [0.25, 0.3) is 0 Å². The number of amides is 1. The summed E-state index contributed by atoms with van der Waals surface area (Å²) in [6.45, 7) is 2.40. The van der Waals surface area contributed by atoms with E-state index in [1.165, 1.54) is 13.3 Å². The van der Waals surface area contributed by atoms with Gasteiger partial charge in [-0.3, -0.25) is 4.79 Å². The highest BCUT2D eigenvalue weighted by Gasteiger charge is 2.19. The number of aromatic nitrogens is 1. The normalized spacial score (nSPS) is 11.5. The molecule has 0 bridgehead atoms. The van der Waals surface area contributed by atoms with Gasteiger partial charge in [-0.2, -0.15) is 0 Å². The minimum atomic E-state index is -0.411. The molecule has 0 radical (unpaired) electrons. The maximum absolute atomic E-state index is 13.1. The number of carbonyl (C=O) groups is 2.